The largest absolute Gasteiger partial charge is 0.493 e. The molecule has 4 aromatic heterocycles. The normalized spacial score (nSPS) is 15.5. The summed E-state index contributed by atoms with van der Waals surface area (Å²) in [6, 6.07) is 2.05. The first-order chi connectivity index (χ1) is 17.2. The Labute approximate surface area is 214 Å². The van der Waals surface area contributed by atoms with Gasteiger partial charge in [-0.3, -0.25) is 0 Å². The SMILES string of the molecule is COc1cc(-c2[nH]c3cnc(N4CCC(CCC(C)(C)C)CC4)c(C)c3c2C(C)C)cn2ncnc12. The Morgan fingerprint density at radius 1 is 1.17 bits per heavy atom. The van der Waals surface area contributed by atoms with Gasteiger partial charge in [-0.15, -0.1) is 0 Å². The lowest BCUT2D eigenvalue weighted by Gasteiger charge is -2.34. The third kappa shape index (κ3) is 4.56. The highest BCUT2D eigenvalue weighted by Crippen LogP contribution is 2.41. The molecule has 0 aromatic carbocycles. The van der Waals surface area contributed by atoms with E-state index in [0.29, 0.717) is 17.1 Å². The number of hydrogen-bond acceptors (Lipinski definition) is 5. The molecule has 0 amide bonds. The number of pyridine rings is 2. The molecule has 0 spiro atoms. The van der Waals surface area contributed by atoms with Crippen LogP contribution in [0.1, 0.15) is 77.3 Å². The molecule has 192 valence electrons. The third-order valence-corrected chi connectivity index (χ3v) is 7.74. The van der Waals surface area contributed by atoms with Crippen LogP contribution in [0, 0.1) is 18.3 Å². The van der Waals surface area contributed by atoms with Gasteiger partial charge in [0.25, 0.3) is 0 Å². The Morgan fingerprint density at radius 2 is 1.92 bits per heavy atom. The quantitative estimate of drug-likeness (QED) is 0.325. The third-order valence-electron chi connectivity index (χ3n) is 7.74. The van der Waals surface area contributed by atoms with Gasteiger partial charge in [-0.2, -0.15) is 5.10 Å². The van der Waals surface area contributed by atoms with Gasteiger partial charge in [0.1, 0.15) is 12.1 Å². The van der Waals surface area contributed by atoms with E-state index in [4.69, 9.17) is 9.72 Å². The number of piperidine rings is 1. The van der Waals surface area contributed by atoms with Gasteiger partial charge < -0.3 is 14.6 Å². The van der Waals surface area contributed by atoms with Crippen molar-refractivity contribution in [2.75, 3.05) is 25.1 Å². The van der Waals surface area contributed by atoms with Crippen molar-refractivity contribution in [3.63, 3.8) is 0 Å². The van der Waals surface area contributed by atoms with Crippen LogP contribution in [0.4, 0.5) is 5.82 Å². The van der Waals surface area contributed by atoms with Gasteiger partial charge in [-0.25, -0.2) is 14.5 Å². The molecule has 1 aliphatic heterocycles. The van der Waals surface area contributed by atoms with Crippen molar-refractivity contribution in [1.29, 1.82) is 0 Å². The molecule has 0 aliphatic carbocycles. The zero-order chi connectivity index (χ0) is 25.6. The zero-order valence-electron chi connectivity index (χ0n) is 22.9. The first-order valence-electron chi connectivity index (χ1n) is 13.3. The van der Waals surface area contributed by atoms with Crippen molar-refractivity contribution < 1.29 is 4.74 Å². The molecule has 0 unspecified atom stereocenters. The number of anilines is 1. The number of nitrogens with zero attached hydrogens (tertiary/aromatic N) is 5. The fraction of sp³-hybridized carbons (Fsp3) is 0.552. The molecule has 0 atom stereocenters. The summed E-state index contributed by atoms with van der Waals surface area (Å²) in [6.45, 7) is 16.0. The highest BCUT2D eigenvalue weighted by atomic mass is 16.5. The minimum absolute atomic E-state index is 0.336. The molecule has 36 heavy (non-hydrogen) atoms. The van der Waals surface area contributed by atoms with E-state index in [1.165, 1.54) is 42.2 Å². The van der Waals surface area contributed by atoms with Crippen molar-refractivity contribution in [1.82, 2.24) is 24.6 Å². The number of rotatable bonds is 6. The minimum Gasteiger partial charge on any atom is -0.493 e. The van der Waals surface area contributed by atoms with Gasteiger partial charge in [-0.05, 0) is 61.5 Å². The van der Waals surface area contributed by atoms with Crippen molar-refractivity contribution in [2.24, 2.45) is 11.3 Å². The number of aromatic nitrogens is 5. The molecule has 1 saturated heterocycles. The van der Waals surface area contributed by atoms with E-state index in [0.717, 1.165) is 47.2 Å². The Hall–Kier alpha value is -3.09. The molecule has 5 rings (SSSR count). The molecular formula is C29H40N6O. The van der Waals surface area contributed by atoms with Crippen molar-refractivity contribution in [2.45, 2.75) is 73.1 Å². The summed E-state index contributed by atoms with van der Waals surface area (Å²) in [4.78, 5) is 15.5. The van der Waals surface area contributed by atoms with Crippen LogP contribution >= 0.6 is 0 Å². The Morgan fingerprint density at radius 3 is 2.58 bits per heavy atom. The summed E-state index contributed by atoms with van der Waals surface area (Å²) in [5, 5.41) is 5.65. The van der Waals surface area contributed by atoms with Gasteiger partial charge in [0.2, 0.25) is 0 Å². The smallest absolute Gasteiger partial charge is 0.197 e. The second kappa shape index (κ2) is 9.41. The number of aromatic amines is 1. The van der Waals surface area contributed by atoms with Crippen LogP contribution < -0.4 is 9.64 Å². The molecule has 0 bridgehead atoms. The summed E-state index contributed by atoms with van der Waals surface area (Å²) in [7, 11) is 1.68. The van der Waals surface area contributed by atoms with E-state index >= 15 is 0 Å². The summed E-state index contributed by atoms with van der Waals surface area (Å²) in [5.41, 5.74) is 6.92. The van der Waals surface area contributed by atoms with Gasteiger partial charge in [0, 0.05) is 35.8 Å². The van der Waals surface area contributed by atoms with Crippen molar-refractivity contribution >= 4 is 22.4 Å². The summed E-state index contributed by atoms with van der Waals surface area (Å²) >= 11 is 0. The van der Waals surface area contributed by atoms with E-state index < -0.39 is 0 Å². The number of hydrogen-bond donors (Lipinski definition) is 1. The maximum atomic E-state index is 5.63. The molecular weight excluding hydrogens is 448 g/mol. The number of nitrogens with one attached hydrogen (secondary N) is 1. The second-order valence-electron chi connectivity index (χ2n) is 11.9. The molecule has 7 nitrogen and oxygen atoms in total. The van der Waals surface area contributed by atoms with E-state index in [2.05, 4.69) is 61.5 Å². The van der Waals surface area contributed by atoms with E-state index in [1.807, 2.05) is 18.5 Å². The van der Waals surface area contributed by atoms with E-state index in [-0.39, 0.29) is 0 Å². The minimum atomic E-state index is 0.336. The highest BCUT2D eigenvalue weighted by Gasteiger charge is 2.26. The van der Waals surface area contributed by atoms with E-state index in [1.54, 1.807) is 18.0 Å². The van der Waals surface area contributed by atoms with Crippen molar-refractivity contribution in [3.05, 3.63) is 35.9 Å². The predicted molar refractivity (Wildman–Crippen MR) is 147 cm³/mol. The van der Waals surface area contributed by atoms with Gasteiger partial charge in [-0.1, -0.05) is 34.6 Å². The van der Waals surface area contributed by atoms with Crippen molar-refractivity contribution in [3.8, 4) is 17.0 Å². The van der Waals surface area contributed by atoms with E-state index in [9.17, 15) is 0 Å². The summed E-state index contributed by atoms with van der Waals surface area (Å²) in [5.74, 6) is 3.01. The first kappa shape index (κ1) is 24.6. The standard InChI is InChI=1S/C29H40N6O/c1-18(2)24-25-19(3)27(34-12-9-20(10-13-34)8-11-29(4,5)6)30-15-22(25)33-26(24)21-14-23(36-7)28-31-17-32-35(28)16-21/h14-18,20,33H,8-13H2,1-7H3. The summed E-state index contributed by atoms with van der Waals surface area (Å²) in [6.07, 6.45) is 10.7. The number of methoxy groups -OCH3 is 1. The first-order valence-corrected chi connectivity index (χ1v) is 13.3. The van der Waals surface area contributed by atoms with Gasteiger partial charge >= 0.3 is 0 Å². The lowest BCUT2D eigenvalue weighted by Crippen LogP contribution is -2.35. The Bertz CT molecular complexity index is 1370. The van der Waals surface area contributed by atoms with Crippen LogP contribution in [0.3, 0.4) is 0 Å². The molecule has 0 saturated carbocycles. The number of aryl methyl sites for hydroxylation is 1. The molecule has 0 radical (unpaired) electrons. The lowest BCUT2D eigenvalue weighted by atomic mass is 9.83. The number of H-pyrrole nitrogens is 1. The molecule has 7 heteroatoms. The molecule has 5 heterocycles. The molecule has 1 aliphatic rings. The maximum Gasteiger partial charge on any atom is 0.197 e. The van der Waals surface area contributed by atoms with Crippen LogP contribution in [0.2, 0.25) is 0 Å². The second-order valence-corrected chi connectivity index (χ2v) is 11.9. The van der Waals surface area contributed by atoms with Crippen LogP contribution in [-0.4, -0.2) is 44.8 Å². The van der Waals surface area contributed by atoms with Crippen LogP contribution in [0.25, 0.3) is 27.8 Å². The fourth-order valence-electron chi connectivity index (χ4n) is 5.75. The van der Waals surface area contributed by atoms with Gasteiger partial charge in [0.15, 0.2) is 11.4 Å². The Kier molecular flexibility index (Phi) is 6.43. The molecule has 1 N–H and O–H groups in total. The average molecular weight is 489 g/mol. The topological polar surface area (TPSA) is 71.3 Å². The highest BCUT2D eigenvalue weighted by molar-refractivity contribution is 5.95. The van der Waals surface area contributed by atoms with Crippen LogP contribution in [0.5, 0.6) is 5.75 Å². The number of fused-ring (bicyclic) bond motifs is 2. The fourth-order valence-corrected chi connectivity index (χ4v) is 5.75. The monoisotopic (exact) mass is 488 g/mol. The number of ether oxygens (including phenoxy) is 1. The predicted octanol–water partition coefficient (Wildman–Crippen LogP) is 6.76. The Balaban J connectivity index is 1.50. The maximum absolute atomic E-state index is 5.63. The lowest BCUT2D eigenvalue weighted by molar-refractivity contribution is 0.292. The summed E-state index contributed by atoms with van der Waals surface area (Å²) < 4.78 is 7.41. The van der Waals surface area contributed by atoms with Crippen LogP contribution in [0.15, 0.2) is 24.8 Å². The molecule has 1 fully saturated rings. The van der Waals surface area contributed by atoms with Gasteiger partial charge in [0.05, 0.1) is 24.5 Å². The zero-order valence-corrected chi connectivity index (χ0v) is 22.9. The van der Waals surface area contributed by atoms with Crippen LogP contribution in [-0.2, 0) is 0 Å². The molecule has 4 aromatic rings. The average Bonchev–Trinajstić information content (AvgIpc) is 3.47.